The Morgan fingerprint density at radius 1 is 0.707 bits per heavy atom. The highest BCUT2D eigenvalue weighted by Gasteiger charge is 2.24. The van der Waals surface area contributed by atoms with E-state index < -0.39 is 15.8 Å². The molecule has 0 aromatic heterocycles. The van der Waals surface area contributed by atoms with E-state index in [2.05, 4.69) is 10.1 Å². The van der Waals surface area contributed by atoms with E-state index in [1.807, 2.05) is 0 Å². The summed E-state index contributed by atoms with van der Waals surface area (Å²) in [5, 5.41) is 24.9. The second-order valence-electron chi connectivity index (χ2n) is 8.04. The van der Waals surface area contributed by atoms with Crippen LogP contribution >= 0.6 is 0 Å². The number of ether oxygens (including phenoxy) is 7. The second-order valence-corrected chi connectivity index (χ2v) is 8.04. The van der Waals surface area contributed by atoms with Crippen molar-refractivity contribution in [3.63, 3.8) is 0 Å². The van der Waals surface area contributed by atoms with Gasteiger partial charge in [0.1, 0.15) is 12.4 Å². The third-order valence-corrected chi connectivity index (χ3v) is 5.20. The Kier molecular flexibility index (Phi) is 16.3. The zero-order chi connectivity index (χ0) is 29.7. The highest BCUT2D eigenvalue weighted by molar-refractivity contribution is 5.89. The summed E-state index contributed by atoms with van der Waals surface area (Å²) < 4.78 is 37.3. The van der Waals surface area contributed by atoms with Crippen LogP contribution in [0.5, 0.6) is 5.75 Å². The summed E-state index contributed by atoms with van der Waals surface area (Å²) in [6, 6.07) is 10.4. The summed E-state index contributed by atoms with van der Waals surface area (Å²) >= 11 is 0. The quantitative estimate of drug-likeness (QED) is 0.0876. The Morgan fingerprint density at radius 3 is 1.66 bits per heavy atom. The number of esters is 1. The van der Waals surface area contributed by atoms with E-state index in [4.69, 9.17) is 28.4 Å². The van der Waals surface area contributed by atoms with Gasteiger partial charge in [-0.25, -0.2) is 4.79 Å². The van der Waals surface area contributed by atoms with E-state index in [9.17, 15) is 25.0 Å². The van der Waals surface area contributed by atoms with Crippen molar-refractivity contribution in [1.82, 2.24) is 0 Å². The molecule has 0 aliphatic carbocycles. The molecule has 0 spiro atoms. The molecule has 2 rings (SSSR count). The van der Waals surface area contributed by atoms with Crippen LogP contribution in [0.25, 0.3) is 0 Å². The Hall–Kier alpha value is -3.89. The zero-order valence-electron chi connectivity index (χ0n) is 22.8. The van der Waals surface area contributed by atoms with Gasteiger partial charge in [-0.3, -0.25) is 20.2 Å². The number of nitrogens with one attached hydrogen (secondary N) is 1. The van der Waals surface area contributed by atoms with Crippen molar-refractivity contribution in [2.24, 2.45) is 0 Å². The maximum atomic E-state index is 11.5. The number of nitrogens with zero attached hydrogens (tertiary/aromatic N) is 2. The SMILES string of the molecule is COC(=O)c1cccc(OCCOCCOCCOCCOCCOCCNc2c([N+](=O)[O-])cccc2[N+](=O)[O-])c1. The van der Waals surface area contributed by atoms with Crippen molar-refractivity contribution in [1.29, 1.82) is 0 Å². The fourth-order valence-electron chi connectivity index (χ4n) is 3.29. The number of para-hydroxylation sites is 1. The third kappa shape index (κ3) is 13.3. The molecule has 2 aromatic carbocycles. The van der Waals surface area contributed by atoms with Crippen LogP contribution in [-0.2, 0) is 28.4 Å². The van der Waals surface area contributed by atoms with Crippen molar-refractivity contribution in [3.8, 4) is 5.75 Å². The van der Waals surface area contributed by atoms with Crippen LogP contribution in [0.2, 0.25) is 0 Å². The Balaban J connectivity index is 1.37. The number of benzene rings is 2. The molecule has 15 nitrogen and oxygen atoms in total. The monoisotopic (exact) mass is 581 g/mol. The highest BCUT2D eigenvalue weighted by Crippen LogP contribution is 2.33. The maximum absolute atomic E-state index is 11.5. The second kappa shape index (κ2) is 20.1. The van der Waals surface area contributed by atoms with Gasteiger partial charge in [-0.15, -0.1) is 0 Å². The van der Waals surface area contributed by atoms with Crippen molar-refractivity contribution >= 4 is 23.0 Å². The topological polar surface area (TPSA) is 180 Å². The Labute approximate surface area is 236 Å². The molecule has 2 aromatic rings. The summed E-state index contributed by atoms with van der Waals surface area (Å²) in [5.74, 6) is 0.134. The smallest absolute Gasteiger partial charge is 0.337 e. The molecule has 0 aliphatic heterocycles. The molecule has 0 radical (unpaired) electrons. The van der Waals surface area contributed by atoms with Gasteiger partial charge in [0.25, 0.3) is 11.4 Å². The first kappa shape index (κ1) is 33.3. The average molecular weight is 582 g/mol. The molecule has 226 valence electrons. The van der Waals surface area contributed by atoms with Gasteiger partial charge in [0.2, 0.25) is 0 Å². The number of nitro benzene ring substituents is 2. The molecule has 0 amide bonds. The van der Waals surface area contributed by atoms with Crippen LogP contribution in [-0.4, -0.2) is 102 Å². The summed E-state index contributed by atoms with van der Waals surface area (Å²) in [5.41, 5.74) is -0.475. The first-order valence-electron chi connectivity index (χ1n) is 12.8. The number of rotatable bonds is 23. The lowest BCUT2D eigenvalue weighted by Crippen LogP contribution is -2.16. The van der Waals surface area contributed by atoms with Crippen LogP contribution in [0.1, 0.15) is 10.4 Å². The predicted molar refractivity (Wildman–Crippen MR) is 146 cm³/mol. The molecular weight excluding hydrogens is 546 g/mol. The standard InChI is InChI=1S/C26H35N3O12/c1-35-26(30)21-4-2-5-22(20-21)41-19-18-40-17-16-39-15-14-38-13-12-37-11-10-36-9-8-27-25-23(28(31)32)6-3-7-24(25)29(33)34/h2-7,20,27H,8-19H2,1H3. The van der Waals surface area contributed by atoms with Gasteiger partial charge >= 0.3 is 5.97 Å². The summed E-state index contributed by atoms with van der Waals surface area (Å²) in [7, 11) is 1.32. The van der Waals surface area contributed by atoms with Crippen molar-refractivity contribution in [2.45, 2.75) is 0 Å². The van der Waals surface area contributed by atoms with Gasteiger partial charge in [-0.05, 0) is 24.3 Å². The van der Waals surface area contributed by atoms with Crippen LogP contribution in [0, 0.1) is 20.2 Å². The van der Waals surface area contributed by atoms with E-state index >= 15 is 0 Å². The van der Waals surface area contributed by atoms with Gasteiger partial charge in [0.05, 0.1) is 88.6 Å². The minimum atomic E-state index is -0.677. The molecule has 0 atom stereocenters. The summed E-state index contributed by atoms with van der Waals surface area (Å²) in [6.45, 7) is 4.04. The van der Waals surface area contributed by atoms with Crippen molar-refractivity contribution in [2.75, 3.05) is 91.6 Å². The molecular formula is C26H35N3O12. The lowest BCUT2D eigenvalue weighted by atomic mass is 10.2. The lowest BCUT2D eigenvalue weighted by molar-refractivity contribution is -0.392. The number of hydrogen-bond acceptors (Lipinski definition) is 13. The molecule has 0 bridgehead atoms. The molecule has 0 saturated carbocycles. The molecule has 0 heterocycles. The van der Waals surface area contributed by atoms with E-state index in [1.54, 1.807) is 24.3 Å². The predicted octanol–water partition coefficient (Wildman–Crippen LogP) is 2.86. The number of carbonyl (C=O) groups excluding carboxylic acids is 1. The number of anilines is 1. The fraction of sp³-hybridized carbons (Fsp3) is 0.500. The highest BCUT2D eigenvalue weighted by atomic mass is 16.6. The number of nitro groups is 2. The molecule has 0 saturated heterocycles. The summed E-state index contributed by atoms with van der Waals surface area (Å²) in [4.78, 5) is 32.4. The lowest BCUT2D eigenvalue weighted by Gasteiger charge is -2.09. The van der Waals surface area contributed by atoms with Crippen molar-refractivity contribution in [3.05, 3.63) is 68.3 Å². The van der Waals surface area contributed by atoms with Crippen LogP contribution in [0.15, 0.2) is 42.5 Å². The van der Waals surface area contributed by atoms with E-state index in [0.717, 1.165) is 0 Å². The van der Waals surface area contributed by atoms with E-state index in [-0.39, 0.29) is 36.8 Å². The van der Waals surface area contributed by atoms with Gasteiger partial charge < -0.3 is 38.5 Å². The molecule has 41 heavy (non-hydrogen) atoms. The molecule has 0 fully saturated rings. The molecule has 0 unspecified atom stereocenters. The minimum Gasteiger partial charge on any atom is -0.491 e. The van der Waals surface area contributed by atoms with Crippen LogP contribution in [0.3, 0.4) is 0 Å². The first-order valence-corrected chi connectivity index (χ1v) is 12.8. The minimum absolute atomic E-state index is 0.151. The summed E-state index contributed by atoms with van der Waals surface area (Å²) in [6.07, 6.45) is 0. The van der Waals surface area contributed by atoms with Crippen LogP contribution < -0.4 is 10.1 Å². The third-order valence-electron chi connectivity index (χ3n) is 5.20. The van der Waals surface area contributed by atoms with Gasteiger partial charge in [-0.1, -0.05) is 6.07 Å². The molecule has 0 aliphatic rings. The number of methoxy groups -OCH3 is 1. The first-order chi connectivity index (χ1) is 19.9. The zero-order valence-corrected chi connectivity index (χ0v) is 22.8. The molecule has 1 N–H and O–H groups in total. The fourth-order valence-corrected chi connectivity index (χ4v) is 3.29. The Bertz CT molecular complexity index is 1050. The maximum Gasteiger partial charge on any atom is 0.337 e. The van der Waals surface area contributed by atoms with E-state index in [1.165, 1.54) is 25.3 Å². The van der Waals surface area contributed by atoms with Crippen LogP contribution in [0.4, 0.5) is 17.1 Å². The van der Waals surface area contributed by atoms with E-state index in [0.29, 0.717) is 70.8 Å². The Morgan fingerprint density at radius 2 is 1.17 bits per heavy atom. The number of hydrogen-bond donors (Lipinski definition) is 1. The van der Waals surface area contributed by atoms with Gasteiger partial charge in [-0.2, -0.15) is 0 Å². The number of carbonyl (C=O) groups is 1. The molecule has 15 heteroatoms. The van der Waals surface area contributed by atoms with Crippen molar-refractivity contribution < 1.29 is 47.8 Å². The van der Waals surface area contributed by atoms with Gasteiger partial charge in [0, 0.05) is 18.7 Å². The largest absolute Gasteiger partial charge is 0.491 e. The average Bonchev–Trinajstić information content (AvgIpc) is 2.97. The normalized spacial score (nSPS) is 10.8. The van der Waals surface area contributed by atoms with Gasteiger partial charge in [0.15, 0.2) is 5.69 Å².